The minimum atomic E-state index is 0.127. The molecule has 2 aromatic rings. The number of rotatable bonds is 2. The van der Waals surface area contributed by atoms with Crippen LogP contribution in [0.4, 0.5) is 0 Å². The summed E-state index contributed by atoms with van der Waals surface area (Å²) in [4.78, 5) is 0. The SMILES string of the molecule is NC(c1cccc2ccsc12)C1CC2CCC1O2. The Balaban J connectivity index is 1.72. The molecule has 2 aliphatic rings. The van der Waals surface area contributed by atoms with Crippen molar-refractivity contribution in [2.45, 2.75) is 37.5 Å². The summed E-state index contributed by atoms with van der Waals surface area (Å²) < 4.78 is 7.30. The number of hydrogen-bond acceptors (Lipinski definition) is 3. The fraction of sp³-hybridized carbons (Fsp3) is 0.467. The highest BCUT2D eigenvalue weighted by Gasteiger charge is 2.43. The molecule has 2 nitrogen and oxygen atoms in total. The van der Waals surface area contributed by atoms with E-state index >= 15 is 0 Å². The van der Waals surface area contributed by atoms with Gasteiger partial charge in [-0.2, -0.15) is 0 Å². The minimum absolute atomic E-state index is 0.127. The van der Waals surface area contributed by atoms with E-state index in [1.807, 2.05) is 0 Å². The van der Waals surface area contributed by atoms with Crippen molar-refractivity contribution in [3.63, 3.8) is 0 Å². The Morgan fingerprint density at radius 2 is 2.22 bits per heavy atom. The second-order valence-corrected chi connectivity index (χ2v) is 6.40. The van der Waals surface area contributed by atoms with Crippen molar-refractivity contribution >= 4 is 21.4 Å². The van der Waals surface area contributed by atoms with Gasteiger partial charge in [-0.1, -0.05) is 18.2 Å². The number of benzene rings is 1. The number of ether oxygens (including phenoxy) is 1. The topological polar surface area (TPSA) is 35.2 Å². The normalized spacial score (nSPS) is 32.2. The van der Waals surface area contributed by atoms with E-state index in [0.717, 1.165) is 6.42 Å². The van der Waals surface area contributed by atoms with Crippen molar-refractivity contribution in [3.05, 3.63) is 35.2 Å². The Kier molecular flexibility index (Phi) is 2.47. The van der Waals surface area contributed by atoms with Crippen LogP contribution in [-0.4, -0.2) is 12.2 Å². The highest BCUT2D eigenvalue weighted by Crippen LogP contribution is 2.45. The van der Waals surface area contributed by atoms with E-state index in [2.05, 4.69) is 29.6 Å². The molecule has 0 aliphatic carbocycles. The van der Waals surface area contributed by atoms with Crippen molar-refractivity contribution < 1.29 is 4.74 Å². The average Bonchev–Trinajstić information content (AvgIpc) is 3.12. The van der Waals surface area contributed by atoms with E-state index in [1.54, 1.807) is 11.3 Å². The fourth-order valence-corrected chi connectivity index (χ4v) is 4.53. The lowest BCUT2D eigenvalue weighted by Gasteiger charge is -2.26. The van der Waals surface area contributed by atoms with Crippen LogP contribution in [-0.2, 0) is 4.74 Å². The molecule has 2 fully saturated rings. The molecular weight excluding hydrogens is 242 g/mol. The lowest BCUT2D eigenvalue weighted by molar-refractivity contribution is 0.0885. The molecular formula is C15H17NOS. The van der Waals surface area contributed by atoms with Gasteiger partial charge in [0.25, 0.3) is 0 Å². The van der Waals surface area contributed by atoms with E-state index in [9.17, 15) is 0 Å². The first-order chi connectivity index (χ1) is 8.83. The van der Waals surface area contributed by atoms with Gasteiger partial charge in [0.2, 0.25) is 0 Å². The molecule has 4 unspecified atom stereocenters. The highest BCUT2D eigenvalue weighted by atomic mass is 32.1. The number of thiophene rings is 1. The molecule has 2 aliphatic heterocycles. The maximum Gasteiger partial charge on any atom is 0.0627 e. The maximum absolute atomic E-state index is 6.54. The standard InChI is InChI=1S/C15H17NOS/c16-14(12-8-10-4-5-13(12)17-10)11-3-1-2-9-6-7-18-15(9)11/h1-3,6-7,10,12-14H,4-5,8,16H2. The Bertz CT molecular complexity index is 579. The van der Waals surface area contributed by atoms with Crippen molar-refractivity contribution in [2.75, 3.05) is 0 Å². The fourth-order valence-electron chi connectivity index (χ4n) is 3.56. The van der Waals surface area contributed by atoms with Crippen LogP contribution in [0, 0.1) is 5.92 Å². The van der Waals surface area contributed by atoms with Gasteiger partial charge in [0.1, 0.15) is 0 Å². The summed E-state index contributed by atoms with van der Waals surface area (Å²) in [6.45, 7) is 0. The monoisotopic (exact) mass is 259 g/mol. The van der Waals surface area contributed by atoms with Crippen LogP contribution >= 0.6 is 11.3 Å². The van der Waals surface area contributed by atoms with Crippen LogP contribution < -0.4 is 5.73 Å². The second-order valence-electron chi connectivity index (χ2n) is 5.49. The molecule has 2 N–H and O–H groups in total. The third kappa shape index (κ3) is 1.54. The maximum atomic E-state index is 6.54. The van der Waals surface area contributed by atoms with Gasteiger partial charge in [-0.15, -0.1) is 11.3 Å². The minimum Gasteiger partial charge on any atom is -0.375 e. The van der Waals surface area contributed by atoms with Gasteiger partial charge in [-0.05, 0) is 41.7 Å². The zero-order valence-corrected chi connectivity index (χ0v) is 11.0. The molecule has 0 amide bonds. The highest BCUT2D eigenvalue weighted by molar-refractivity contribution is 7.17. The van der Waals surface area contributed by atoms with E-state index in [4.69, 9.17) is 10.5 Å². The summed E-state index contributed by atoms with van der Waals surface area (Å²) in [6, 6.07) is 8.78. The summed E-state index contributed by atoms with van der Waals surface area (Å²) >= 11 is 1.80. The summed E-state index contributed by atoms with van der Waals surface area (Å²) in [5.41, 5.74) is 7.85. The summed E-state index contributed by atoms with van der Waals surface area (Å²) in [5, 5.41) is 3.47. The molecule has 94 valence electrons. The van der Waals surface area contributed by atoms with E-state index in [0.29, 0.717) is 18.1 Å². The molecule has 4 rings (SSSR count). The molecule has 4 atom stereocenters. The van der Waals surface area contributed by atoms with Crippen molar-refractivity contribution in [2.24, 2.45) is 11.7 Å². The lowest BCUT2D eigenvalue weighted by Crippen LogP contribution is -2.29. The first-order valence-electron chi connectivity index (χ1n) is 6.70. The first kappa shape index (κ1) is 11.0. The van der Waals surface area contributed by atoms with E-state index in [1.165, 1.54) is 28.5 Å². The average molecular weight is 259 g/mol. The van der Waals surface area contributed by atoms with Crippen molar-refractivity contribution in [1.29, 1.82) is 0 Å². The third-order valence-corrected chi connectivity index (χ3v) is 5.46. The predicted octanol–water partition coefficient (Wildman–Crippen LogP) is 3.47. The van der Waals surface area contributed by atoms with Crippen molar-refractivity contribution in [3.8, 4) is 0 Å². The van der Waals surface area contributed by atoms with E-state index < -0.39 is 0 Å². The molecule has 2 saturated heterocycles. The van der Waals surface area contributed by atoms with Crippen LogP contribution in [0.5, 0.6) is 0 Å². The Morgan fingerprint density at radius 3 is 3.00 bits per heavy atom. The molecule has 0 saturated carbocycles. The van der Waals surface area contributed by atoms with Crippen LogP contribution in [0.15, 0.2) is 29.6 Å². The third-order valence-electron chi connectivity index (χ3n) is 4.48. The van der Waals surface area contributed by atoms with Gasteiger partial charge in [-0.25, -0.2) is 0 Å². The summed E-state index contributed by atoms with van der Waals surface area (Å²) in [7, 11) is 0. The molecule has 1 aromatic carbocycles. The number of hydrogen-bond donors (Lipinski definition) is 1. The number of nitrogens with two attached hydrogens (primary N) is 1. The first-order valence-corrected chi connectivity index (χ1v) is 7.58. The van der Waals surface area contributed by atoms with Crippen LogP contribution in [0.2, 0.25) is 0 Å². The van der Waals surface area contributed by atoms with Crippen LogP contribution in [0.1, 0.15) is 30.9 Å². The van der Waals surface area contributed by atoms with E-state index in [-0.39, 0.29) is 6.04 Å². The molecule has 3 heteroatoms. The van der Waals surface area contributed by atoms with Gasteiger partial charge >= 0.3 is 0 Å². The Morgan fingerprint density at radius 1 is 1.28 bits per heavy atom. The largest absolute Gasteiger partial charge is 0.375 e. The van der Waals surface area contributed by atoms with Crippen LogP contribution in [0.25, 0.3) is 10.1 Å². The molecule has 1 aromatic heterocycles. The molecule has 0 radical (unpaired) electrons. The molecule has 3 heterocycles. The van der Waals surface area contributed by atoms with Gasteiger partial charge in [0, 0.05) is 16.7 Å². The smallest absolute Gasteiger partial charge is 0.0627 e. The summed E-state index contributed by atoms with van der Waals surface area (Å²) in [5.74, 6) is 0.511. The number of fused-ring (bicyclic) bond motifs is 3. The zero-order valence-electron chi connectivity index (χ0n) is 10.2. The van der Waals surface area contributed by atoms with Gasteiger partial charge in [0.15, 0.2) is 0 Å². The predicted molar refractivity (Wildman–Crippen MR) is 74.8 cm³/mol. The van der Waals surface area contributed by atoms with Crippen molar-refractivity contribution in [1.82, 2.24) is 0 Å². The molecule has 2 bridgehead atoms. The quantitative estimate of drug-likeness (QED) is 0.896. The Hall–Kier alpha value is -0.900. The zero-order chi connectivity index (χ0) is 12.1. The second kappa shape index (κ2) is 4.05. The molecule has 18 heavy (non-hydrogen) atoms. The van der Waals surface area contributed by atoms with Gasteiger partial charge < -0.3 is 10.5 Å². The Labute approximate surface area is 111 Å². The van der Waals surface area contributed by atoms with Gasteiger partial charge in [-0.3, -0.25) is 0 Å². The molecule has 0 spiro atoms. The summed E-state index contributed by atoms with van der Waals surface area (Å²) in [6.07, 6.45) is 4.46. The lowest BCUT2D eigenvalue weighted by atomic mass is 9.81. The van der Waals surface area contributed by atoms with Crippen LogP contribution in [0.3, 0.4) is 0 Å². The van der Waals surface area contributed by atoms with Gasteiger partial charge in [0.05, 0.1) is 12.2 Å².